The van der Waals surface area contributed by atoms with E-state index in [4.69, 9.17) is 0 Å². The van der Waals surface area contributed by atoms with Crippen LogP contribution in [0, 0.1) is 0 Å². The van der Waals surface area contributed by atoms with Gasteiger partial charge in [0.05, 0.1) is 6.42 Å². The second-order valence-corrected chi connectivity index (χ2v) is 9.46. The molecule has 0 aliphatic carbocycles. The highest BCUT2D eigenvalue weighted by atomic mass is 32.2. The normalized spacial score (nSPS) is 18.3. The van der Waals surface area contributed by atoms with Crippen molar-refractivity contribution in [1.29, 1.82) is 0 Å². The number of carbonyl (C=O) groups excluding carboxylic acids is 2. The number of unbranched alkanes of at least 4 members (excludes halogenated alkanes) is 13. The maximum atomic E-state index is 11.5. The molecule has 1 aliphatic rings. The lowest BCUT2D eigenvalue weighted by molar-refractivity contribution is -0.151. The van der Waals surface area contributed by atoms with Crippen LogP contribution in [0.15, 0.2) is 0 Å². The lowest BCUT2D eigenvalue weighted by atomic mass is 10.0. The highest BCUT2D eigenvalue weighted by Gasteiger charge is 2.34. The third-order valence-electron chi connectivity index (χ3n) is 5.19. The van der Waals surface area contributed by atoms with Gasteiger partial charge in [-0.05, 0) is 6.42 Å². The van der Waals surface area contributed by atoms with Crippen molar-refractivity contribution < 1.29 is 14.3 Å². The number of carbonyl (C=O) groups is 2. The van der Waals surface area contributed by atoms with Crippen molar-refractivity contribution in [3.63, 3.8) is 0 Å². The molecule has 1 heterocycles. The van der Waals surface area contributed by atoms with Gasteiger partial charge in [-0.2, -0.15) is 0 Å². The Balaban J connectivity index is 1.80. The Morgan fingerprint density at radius 3 is 1.73 bits per heavy atom. The van der Waals surface area contributed by atoms with Crippen molar-refractivity contribution in [3.05, 3.63) is 0 Å². The smallest absolute Gasteiger partial charge is 0.327 e. The van der Waals surface area contributed by atoms with Crippen LogP contribution in [0.2, 0.25) is 0 Å². The van der Waals surface area contributed by atoms with E-state index in [9.17, 15) is 9.59 Å². The minimum atomic E-state index is -0.365. The molecule has 4 heteroatoms. The molecule has 1 aliphatic heterocycles. The van der Waals surface area contributed by atoms with Gasteiger partial charge in [-0.25, -0.2) is 0 Å². The number of hydrogen-bond donors (Lipinski definition) is 0. The molecule has 26 heavy (non-hydrogen) atoms. The largest absolute Gasteiger partial charge is 0.392 e. The van der Waals surface area contributed by atoms with Gasteiger partial charge in [0.2, 0.25) is 0 Å². The van der Waals surface area contributed by atoms with Crippen LogP contribution in [0.5, 0.6) is 0 Å². The molecule has 1 saturated heterocycles. The first-order chi connectivity index (χ1) is 12.6. The summed E-state index contributed by atoms with van der Waals surface area (Å²) in [6.07, 6.45) is 20.7. The number of ether oxygens (including phenoxy) is 1. The van der Waals surface area contributed by atoms with Crippen molar-refractivity contribution in [1.82, 2.24) is 0 Å². The van der Waals surface area contributed by atoms with Gasteiger partial charge < -0.3 is 4.74 Å². The van der Waals surface area contributed by atoms with Crippen LogP contribution in [0.1, 0.15) is 117 Å². The van der Waals surface area contributed by atoms with Crippen LogP contribution in [0.4, 0.5) is 0 Å². The van der Waals surface area contributed by atoms with E-state index in [1.807, 2.05) is 0 Å². The van der Waals surface area contributed by atoms with Crippen LogP contribution in [0.25, 0.3) is 0 Å². The number of rotatable bonds is 17. The zero-order valence-electron chi connectivity index (χ0n) is 17.1. The molecule has 0 saturated carbocycles. The van der Waals surface area contributed by atoms with Gasteiger partial charge in [0.15, 0.2) is 0 Å². The Kier molecular flexibility index (Phi) is 14.1. The third-order valence-corrected chi connectivity index (χ3v) is 6.58. The summed E-state index contributed by atoms with van der Waals surface area (Å²) in [6, 6.07) is 0. The van der Waals surface area contributed by atoms with Gasteiger partial charge in [0, 0.05) is 5.25 Å². The first-order valence-electron chi connectivity index (χ1n) is 11.0. The van der Waals surface area contributed by atoms with E-state index in [1.54, 1.807) is 11.8 Å². The summed E-state index contributed by atoms with van der Waals surface area (Å²) in [7, 11) is 0. The van der Waals surface area contributed by atoms with E-state index in [1.165, 1.54) is 89.9 Å². The van der Waals surface area contributed by atoms with E-state index >= 15 is 0 Å². The van der Waals surface area contributed by atoms with Crippen molar-refractivity contribution in [3.8, 4) is 0 Å². The van der Waals surface area contributed by atoms with Crippen molar-refractivity contribution >= 4 is 23.7 Å². The molecule has 0 spiro atoms. The van der Waals surface area contributed by atoms with E-state index in [-0.39, 0.29) is 23.6 Å². The summed E-state index contributed by atoms with van der Waals surface area (Å²) in [4.78, 5) is 22.5. The Labute approximate surface area is 165 Å². The molecule has 2 atom stereocenters. The molecule has 0 bridgehead atoms. The fraction of sp³-hybridized carbons (Fsp3) is 0.909. The lowest BCUT2D eigenvalue weighted by Crippen LogP contribution is -2.13. The molecular weight excluding hydrogens is 344 g/mol. The van der Waals surface area contributed by atoms with Crippen LogP contribution < -0.4 is 0 Å². The zero-order chi connectivity index (χ0) is 19.0. The standard InChI is InChI=1S/C22H40O3S/c1-3-4-5-6-7-8-9-10-11-12-13-14-15-16-17-19(2)26-20-18-21(23)25-22(20)24/h19-20H,3-18H2,1-2H3. The summed E-state index contributed by atoms with van der Waals surface area (Å²) in [5, 5.41) is 0.167. The highest BCUT2D eigenvalue weighted by Crippen LogP contribution is 2.29. The first kappa shape index (κ1) is 23.5. The van der Waals surface area contributed by atoms with Crippen LogP contribution in [0.3, 0.4) is 0 Å². The van der Waals surface area contributed by atoms with Gasteiger partial charge in [-0.15, -0.1) is 11.8 Å². The Hall–Kier alpha value is -0.510. The topological polar surface area (TPSA) is 43.4 Å². The lowest BCUT2D eigenvalue weighted by Gasteiger charge is -2.13. The molecule has 0 N–H and O–H groups in total. The predicted molar refractivity (Wildman–Crippen MR) is 111 cm³/mol. The summed E-state index contributed by atoms with van der Waals surface area (Å²) in [5.41, 5.74) is 0. The number of thioether (sulfide) groups is 1. The van der Waals surface area contributed by atoms with Crippen molar-refractivity contribution in [2.24, 2.45) is 0 Å². The number of esters is 2. The zero-order valence-corrected chi connectivity index (χ0v) is 17.9. The molecule has 0 amide bonds. The Morgan fingerprint density at radius 2 is 1.31 bits per heavy atom. The number of cyclic esters (lactones) is 2. The van der Waals surface area contributed by atoms with Gasteiger partial charge in [-0.1, -0.05) is 104 Å². The maximum absolute atomic E-state index is 11.5. The fourth-order valence-electron chi connectivity index (χ4n) is 3.53. The van der Waals surface area contributed by atoms with E-state index in [0.717, 1.165) is 6.42 Å². The third kappa shape index (κ3) is 12.0. The van der Waals surface area contributed by atoms with Gasteiger partial charge >= 0.3 is 11.9 Å². The van der Waals surface area contributed by atoms with Crippen molar-refractivity contribution in [2.45, 2.75) is 127 Å². The summed E-state index contributed by atoms with van der Waals surface area (Å²) >= 11 is 1.61. The summed E-state index contributed by atoms with van der Waals surface area (Å²) in [6.45, 7) is 4.43. The molecule has 0 aromatic rings. The second kappa shape index (κ2) is 15.5. The SMILES string of the molecule is CCCCCCCCCCCCCCCCC(C)SC1CC(=O)OC1=O. The van der Waals surface area contributed by atoms with E-state index in [0.29, 0.717) is 5.25 Å². The van der Waals surface area contributed by atoms with Gasteiger partial charge in [0.1, 0.15) is 5.25 Å². The average molecular weight is 385 g/mol. The first-order valence-corrected chi connectivity index (χ1v) is 12.0. The maximum Gasteiger partial charge on any atom is 0.327 e. The minimum absolute atomic E-state index is 0.257. The van der Waals surface area contributed by atoms with Crippen LogP contribution >= 0.6 is 11.8 Å². The molecule has 0 aromatic carbocycles. The van der Waals surface area contributed by atoms with Crippen LogP contribution in [-0.2, 0) is 14.3 Å². The molecule has 1 fully saturated rings. The Morgan fingerprint density at radius 1 is 0.846 bits per heavy atom. The molecule has 2 unspecified atom stereocenters. The highest BCUT2D eigenvalue weighted by molar-refractivity contribution is 8.01. The van der Waals surface area contributed by atoms with E-state index in [2.05, 4.69) is 18.6 Å². The molecule has 1 rings (SSSR count). The van der Waals surface area contributed by atoms with Crippen molar-refractivity contribution in [2.75, 3.05) is 0 Å². The predicted octanol–water partition coefficient (Wildman–Crippen LogP) is 6.82. The van der Waals surface area contributed by atoms with E-state index < -0.39 is 0 Å². The molecular formula is C22H40O3S. The van der Waals surface area contributed by atoms with Gasteiger partial charge in [-0.3, -0.25) is 9.59 Å². The second-order valence-electron chi connectivity index (χ2n) is 7.82. The molecule has 152 valence electrons. The van der Waals surface area contributed by atoms with Crippen LogP contribution in [-0.4, -0.2) is 22.4 Å². The molecule has 0 radical (unpaired) electrons. The Bertz CT molecular complexity index is 384. The monoisotopic (exact) mass is 384 g/mol. The summed E-state index contributed by atoms with van der Waals surface area (Å²) < 4.78 is 4.60. The van der Waals surface area contributed by atoms with Gasteiger partial charge in [0.25, 0.3) is 0 Å². The number of hydrogen-bond acceptors (Lipinski definition) is 4. The average Bonchev–Trinajstić information content (AvgIpc) is 2.92. The molecule has 0 aromatic heterocycles. The fourth-order valence-corrected chi connectivity index (χ4v) is 4.79. The minimum Gasteiger partial charge on any atom is -0.392 e. The molecule has 3 nitrogen and oxygen atoms in total. The quantitative estimate of drug-likeness (QED) is 0.157. The summed E-state index contributed by atoms with van der Waals surface area (Å²) in [5.74, 6) is -0.705.